The van der Waals surface area contributed by atoms with Crippen LogP contribution in [0.2, 0.25) is 5.02 Å². The molecule has 1 fully saturated rings. The average molecular weight is 429 g/mol. The zero-order valence-corrected chi connectivity index (χ0v) is 18.0. The van der Waals surface area contributed by atoms with Gasteiger partial charge in [0, 0.05) is 35.4 Å². The van der Waals surface area contributed by atoms with E-state index in [9.17, 15) is 4.79 Å². The fourth-order valence-electron chi connectivity index (χ4n) is 4.30. The topological polar surface area (TPSA) is 59.4 Å². The highest BCUT2D eigenvalue weighted by Gasteiger charge is 2.31. The molecule has 160 valence electrons. The van der Waals surface area contributed by atoms with Crippen molar-refractivity contribution >= 4 is 17.5 Å². The summed E-state index contributed by atoms with van der Waals surface area (Å²) in [6, 6.07) is 8.35. The molecule has 0 unspecified atom stereocenters. The number of carbonyl (C=O) groups excluding carboxylic acids is 1. The van der Waals surface area contributed by atoms with Gasteiger partial charge in [0.2, 0.25) is 0 Å². The Bertz CT molecular complexity index is 887. The molecule has 2 aliphatic rings. The van der Waals surface area contributed by atoms with Crippen LogP contribution in [0.4, 0.5) is 0 Å². The van der Waals surface area contributed by atoms with E-state index in [0.717, 1.165) is 42.8 Å². The number of ether oxygens (including phenoxy) is 1. The summed E-state index contributed by atoms with van der Waals surface area (Å²) < 4.78 is 7.35. The van der Waals surface area contributed by atoms with Crippen molar-refractivity contribution in [2.75, 3.05) is 32.8 Å². The molecule has 1 aromatic heterocycles. The summed E-state index contributed by atoms with van der Waals surface area (Å²) in [7, 11) is 0. The minimum absolute atomic E-state index is 0.0270. The van der Waals surface area contributed by atoms with Crippen molar-refractivity contribution < 1.29 is 9.53 Å². The summed E-state index contributed by atoms with van der Waals surface area (Å²) in [5.74, 6) is 0.0270. The summed E-state index contributed by atoms with van der Waals surface area (Å²) >= 11 is 5.97. The number of amides is 1. The maximum Gasteiger partial charge on any atom is 0.274 e. The predicted octanol–water partition coefficient (Wildman–Crippen LogP) is 2.88. The van der Waals surface area contributed by atoms with E-state index in [1.54, 1.807) is 0 Å². The molecule has 0 bridgehead atoms. The number of fused-ring (bicyclic) bond motifs is 1. The number of carbonyl (C=O) groups is 1. The smallest absolute Gasteiger partial charge is 0.274 e. The van der Waals surface area contributed by atoms with Crippen LogP contribution in [-0.2, 0) is 30.5 Å². The lowest BCUT2D eigenvalue weighted by atomic mass is 9.91. The highest BCUT2D eigenvalue weighted by molar-refractivity contribution is 6.30. The molecule has 0 saturated carbocycles. The van der Waals surface area contributed by atoms with Gasteiger partial charge in [0.05, 0.1) is 19.8 Å². The SMILES string of the molecule is C=CCn1nc(C(=O)N2CCOCC2)c2c1CC[C@@H](NCCc1ccc(Cl)cc1)C2. The van der Waals surface area contributed by atoms with E-state index in [2.05, 4.69) is 24.0 Å². The largest absolute Gasteiger partial charge is 0.378 e. The summed E-state index contributed by atoms with van der Waals surface area (Å²) in [4.78, 5) is 15.0. The van der Waals surface area contributed by atoms with Crippen molar-refractivity contribution in [1.82, 2.24) is 20.0 Å². The lowest BCUT2D eigenvalue weighted by Gasteiger charge is -2.28. The van der Waals surface area contributed by atoms with Crippen molar-refractivity contribution in [2.24, 2.45) is 0 Å². The van der Waals surface area contributed by atoms with Crippen LogP contribution in [0.1, 0.15) is 33.7 Å². The molecule has 0 spiro atoms. The second-order valence-corrected chi connectivity index (χ2v) is 8.36. The monoisotopic (exact) mass is 428 g/mol. The van der Waals surface area contributed by atoms with Crippen LogP contribution in [0.5, 0.6) is 0 Å². The third-order valence-electron chi connectivity index (χ3n) is 5.91. The number of allylic oxidation sites excluding steroid dienone is 1. The number of morpholine rings is 1. The van der Waals surface area contributed by atoms with Gasteiger partial charge in [-0.3, -0.25) is 9.48 Å². The van der Waals surface area contributed by atoms with Gasteiger partial charge in [0.25, 0.3) is 5.91 Å². The lowest BCUT2D eigenvalue weighted by molar-refractivity contribution is 0.0297. The normalized spacial score (nSPS) is 18.8. The molecule has 30 heavy (non-hydrogen) atoms. The standard InChI is InChI=1S/C23H29ClN4O2/c1-2-11-28-21-8-7-19(25-10-9-17-3-5-18(24)6-4-17)16-20(21)22(26-28)23(29)27-12-14-30-15-13-27/h2-6,19,25H,1,7-16H2/t19-/m1/s1. The molecule has 7 heteroatoms. The van der Waals surface area contributed by atoms with Crippen LogP contribution < -0.4 is 5.32 Å². The highest BCUT2D eigenvalue weighted by atomic mass is 35.5. The summed E-state index contributed by atoms with van der Waals surface area (Å²) in [6.45, 7) is 7.82. The second-order valence-electron chi connectivity index (χ2n) is 7.92. The van der Waals surface area contributed by atoms with Crippen molar-refractivity contribution in [3.63, 3.8) is 0 Å². The maximum atomic E-state index is 13.2. The summed E-state index contributed by atoms with van der Waals surface area (Å²) in [6.07, 6.45) is 5.59. The molecule has 1 aromatic carbocycles. The van der Waals surface area contributed by atoms with Crippen LogP contribution in [0, 0.1) is 0 Å². The van der Waals surface area contributed by atoms with Crippen molar-refractivity contribution in [3.05, 3.63) is 64.5 Å². The fourth-order valence-corrected chi connectivity index (χ4v) is 4.42. The number of nitrogens with one attached hydrogen (secondary N) is 1. The third-order valence-corrected chi connectivity index (χ3v) is 6.16. The fraction of sp³-hybridized carbons (Fsp3) is 0.478. The van der Waals surface area contributed by atoms with E-state index in [1.807, 2.05) is 27.8 Å². The van der Waals surface area contributed by atoms with Gasteiger partial charge in [-0.25, -0.2) is 0 Å². The van der Waals surface area contributed by atoms with Crippen LogP contribution >= 0.6 is 11.6 Å². The van der Waals surface area contributed by atoms with Crippen molar-refractivity contribution in [1.29, 1.82) is 0 Å². The number of halogens is 1. The Balaban J connectivity index is 1.44. The van der Waals surface area contributed by atoms with Crippen LogP contribution in [0.25, 0.3) is 0 Å². The first kappa shape index (κ1) is 21.1. The van der Waals surface area contributed by atoms with Gasteiger partial charge in [-0.2, -0.15) is 5.10 Å². The molecular formula is C23H29ClN4O2. The molecule has 1 aliphatic heterocycles. The molecule has 1 aliphatic carbocycles. The highest BCUT2D eigenvalue weighted by Crippen LogP contribution is 2.26. The van der Waals surface area contributed by atoms with Crippen molar-refractivity contribution in [2.45, 2.75) is 38.3 Å². The number of nitrogens with zero attached hydrogens (tertiary/aromatic N) is 3. The first-order chi connectivity index (χ1) is 14.7. The molecule has 1 amide bonds. The van der Waals surface area contributed by atoms with Crippen LogP contribution in [-0.4, -0.2) is 59.5 Å². The molecule has 1 saturated heterocycles. The molecule has 2 aromatic rings. The number of hydrogen-bond donors (Lipinski definition) is 1. The Morgan fingerprint density at radius 2 is 2.07 bits per heavy atom. The number of aromatic nitrogens is 2. The van der Waals surface area contributed by atoms with E-state index in [-0.39, 0.29) is 5.91 Å². The molecule has 0 radical (unpaired) electrons. The van der Waals surface area contributed by atoms with E-state index >= 15 is 0 Å². The van der Waals surface area contributed by atoms with Gasteiger partial charge < -0.3 is 15.0 Å². The molecular weight excluding hydrogens is 400 g/mol. The van der Waals surface area contributed by atoms with Crippen LogP contribution in [0.3, 0.4) is 0 Å². The maximum absolute atomic E-state index is 13.2. The van der Waals surface area contributed by atoms with Gasteiger partial charge >= 0.3 is 0 Å². The summed E-state index contributed by atoms with van der Waals surface area (Å²) in [5, 5.41) is 9.14. The van der Waals surface area contributed by atoms with Gasteiger partial charge in [0.1, 0.15) is 0 Å². The van der Waals surface area contributed by atoms with Crippen molar-refractivity contribution in [3.8, 4) is 0 Å². The Kier molecular flexibility index (Phi) is 6.87. The molecule has 4 rings (SSSR count). The van der Waals surface area contributed by atoms with E-state index in [4.69, 9.17) is 21.4 Å². The zero-order chi connectivity index (χ0) is 20.9. The molecule has 1 N–H and O–H groups in total. The first-order valence-electron chi connectivity index (χ1n) is 10.7. The van der Waals surface area contributed by atoms with E-state index < -0.39 is 0 Å². The zero-order valence-electron chi connectivity index (χ0n) is 17.3. The molecule has 2 heterocycles. The van der Waals surface area contributed by atoms with E-state index in [1.165, 1.54) is 11.3 Å². The number of rotatable bonds is 7. The Labute approximate surface area is 182 Å². The first-order valence-corrected chi connectivity index (χ1v) is 11.1. The summed E-state index contributed by atoms with van der Waals surface area (Å²) in [5.41, 5.74) is 4.16. The third kappa shape index (κ3) is 4.77. The van der Waals surface area contributed by atoms with Gasteiger partial charge in [-0.05, 0) is 49.9 Å². The Hall–Kier alpha value is -2.15. The Morgan fingerprint density at radius 1 is 1.30 bits per heavy atom. The van der Waals surface area contributed by atoms with Gasteiger partial charge in [-0.15, -0.1) is 6.58 Å². The minimum Gasteiger partial charge on any atom is -0.378 e. The molecule has 6 nitrogen and oxygen atoms in total. The van der Waals surface area contributed by atoms with Crippen LogP contribution in [0.15, 0.2) is 36.9 Å². The number of benzene rings is 1. The van der Waals surface area contributed by atoms with Gasteiger partial charge in [0.15, 0.2) is 5.69 Å². The van der Waals surface area contributed by atoms with Gasteiger partial charge in [-0.1, -0.05) is 29.8 Å². The molecule has 1 atom stereocenters. The van der Waals surface area contributed by atoms with E-state index in [0.29, 0.717) is 44.6 Å². The lowest BCUT2D eigenvalue weighted by Crippen LogP contribution is -2.42. The second kappa shape index (κ2) is 9.77. The quantitative estimate of drug-likeness (QED) is 0.689. The average Bonchev–Trinajstić information content (AvgIpc) is 3.13. The number of hydrogen-bond acceptors (Lipinski definition) is 4. The minimum atomic E-state index is 0.0270. The predicted molar refractivity (Wildman–Crippen MR) is 118 cm³/mol. The Morgan fingerprint density at radius 3 is 2.80 bits per heavy atom.